The van der Waals surface area contributed by atoms with E-state index < -0.39 is 11.2 Å². The van der Waals surface area contributed by atoms with Gasteiger partial charge < -0.3 is 10.6 Å². The Morgan fingerprint density at radius 2 is 1.87 bits per heavy atom. The van der Waals surface area contributed by atoms with Crippen LogP contribution >= 0.6 is 0 Å². The van der Waals surface area contributed by atoms with Gasteiger partial charge in [0.1, 0.15) is 5.82 Å². The molecule has 3 rings (SSSR count). The Morgan fingerprint density at radius 1 is 1.19 bits per heavy atom. The molecule has 1 aliphatic rings. The lowest BCUT2D eigenvalue weighted by atomic mass is 10.1. The number of hydrogen-bond acceptors (Lipinski definition) is 5. The molecule has 0 atom stereocenters. The van der Waals surface area contributed by atoms with E-state index in [1.807, 2.05) is 13.8 Å². The van der Waals surface area contributed by atoms with E-state index in [1.54, 1.807) is 6.92 Å². The topological polar surface area (TPSA) is 104 Å². The van der Waals surface area contributed by atoms with Crippen molar-refractivity contribution in [3.05, 3.63) is 56.2 Å². The SMILES string of the molecule is CCCCn1c(N)c(N(CC)C(=O)CN(Cc2ccc(C)cc2)C2CC2)c(=O)[nH]c1=O. The summed E-state index contributed by atoms with van der Waals surface area (Å²) in [6.45, 7) is 7.43. The zero-order valence-electron chi connectivity index (χ0n) is 18.7. The van der Waals surface area contributed by atoms with Crippen LogP contribution in [0.25, 0.3) is 0 Å². The fraction of sp³-hybridized carbons (Fsp3) is 0.522. The number of rotatable bonds is 10. The molecule has 1 saturated carbocycles. The van der Waals surface area contributed by atoms with Gasteiger partial charge in [-0.1, -0.05) is 43.2 Å². The summed E-state index contributed by atoms with van der Waals surface area (Å²) in [5.41, 5.74) is 7.47. The number of carbonyl (C=O) groups is 1. The summed E-state index contributed by atoms with van der Waals surface area (Å²) in [7, 11) is 0. The number of benzene rings is 1. The van der Waals surface area contributed by atoms with Crippen molar-refractivity contribution < 1.29 is 4.79 Å². The Balaban J connectivity index is 1.84. The van der Waals surface area contributed by atoms with Crippen molar-refractivity contribution in [2.45, 2.75) is 65.6 Å². The Labute approximate surface area is 182 Å². The van der Waals surface area contributed by atoms with Gasteiger partial charge in [-0.3, -0.25) is 24.0 Å². The average molecular weight is 428 g/mol. The Bertz CT molecular complexity index is 1020. The van der Waals surface area contributed by atoms with Crippen LogP contribution in [0.15, 0.2) is 33.9 Å². The van der Waals surface area contributed by atoms with Gasteiger partial charge in [0.15, 0.2) is 5.69 Å². The van der Waals surface area contributed by atoms with Crippen LogP contribution in [0.3, 0.4) is 0 Å². The first-order chi connectivity index (χ1) is 14.8. The zero-order chi connectivity index (χ0) is 22.5. The number of nitrogen functional groups attached to an aromatic ring is 1. The van der Waals surface area contributed by atoms with Gasteiger partial charge in [0.05, 0.1) is 6.54 Å². The Morgan fingerprint density at radius 3 is 2.45 bits per heavy atom. The number of nitrogens with two attached hydrogens (primary N) is 1. The van der Waals surface area contributed by atoms with Crippen molar-refractivity contribution in [1.29, 1.82) is 0 Å². The number of nitrogens with one attached hydrogen (secondary N) is 1. The smallest absolute Gasteiger partial charge is 0.330 e. The number of H-pyrrole nitrogens is 1. The lowest BCUT2D eigenvalue weighted by molar-refractivity contribution is -0.120. The Hall–Kier alpha value is -2.87. The molecule has 0 saturated heterocycles. The monoisotopic (exact) mass is 427 g/mol. The number of hydrogen-bond donors (Lipinski definition) is 2. The molecule has 1 aliphatic carbocycles. The summed E-state index contributed by atoms with van der Waals surface area (Å²) in [5, 5.41) is 0. The van der Waals surface area contributed by atoms with E-state index in [4.69, 9.17) is 5.73 Å². The molecule has 2 aromatic rings. The third-order valence-corrected chi connectivity index (χ3v) is 5.74. The number of carbonyl (C=O) groups excluding carboxylic acids is 1. The van der Waals surface area contributed by atoms with Crippen LogP contribution in [0.4, 0.5) is 11.5 Å². The van der Waals surface area contributed by atoms with Crippen molar-refractivity contribution in [2.75, 3.05) is 23.7 Å². The van der Waals surface area contributed by atoms with Crippen molar-refractivity contribution >= 4 is 17.4 Å². The zero-order valence-corrected chi connectivity index (χ0v) is 18.7. The fourth-order valence-electron chi connectivity index (χ4n) is 3.78. The summed E-state index contributed by atoms with van der Waals surface area (Å²) in [6, 6.07) is 8.68. The summed E-state index contributed by atoms with van der Waals surface area (Å²) in [6.07, 6.45) is 3.76. The molecule has 8 heteroatoms. The van der Waals surface area contributed by atoms with E-state index in [0.29, 0.717) is 25.7 Å². The summed E-state index contributed by atoms with van der Waals surface area (Å²) in [4.78, 5) is 44.0. The maximum Gasteiger partial charge on any atom is 0.330 e. The number of aryl methyl sites for hydroxylation is 1. The first-order valence-corrected chi connectivity index (χ1v) is 11.1. The minimum absolute atomic E-state index is 0.0499. The van der Waals surface area contributed by atoms with Crippen LogP contribution in [0, 0.1) is 6.92 Å². The second-order valence-corrected chi connectivity index (χ2v) is 8.26. The fourth-order valence-corrected chi connectivity index (χ4v) is 3.78. The maximum absolute atomic E-state index is 13.3. The molecule has 1 heterocycles. The van der Waals surface area contributed by atoms with E-state index in [1.165, 1.54) is 15.0 Å². The lowest BCUT2D eigenvalue weighted by Gasteiger charge is -2.27. The van der Waals surface area contributed by atoms with Gasteiger partial charge in [-0.15, -0.1) is 0 Å². The van der Waals surface area contributed by atoms with Gasteiger partial charge in [-0.05, 0) is 38.7 Å². The molecule has 1 aromatic carbocycles. The van der Waals surface area contributed by atoms with E-state index in [2.05, 4.69) is 34.1 Å². The van der Waals surface area contributed by atoms with E-state index in [9.17, 15) is 14.4 Å². The third kappa shape index (κ3) is 5.44. The molecule has 168 valence electrons. The van der Waals surface area contributed by atoms with Crippen molar-refractivity contribution in [2.24, 2.45) is 0 Å². The van der Waals surface area contributed by atoms with Gasteiger partial charge in [-0.2, -0.15) is 0 Å². The maximum atomic E-state index is 13.3. The van der Waals surface area contributed by atoms with E-state index in [0.717, 1.165) is 31.2 Å². The van der Waals surface area contributed by atoms with Crippen LogP contribution in [-0.2, 0) is 17.9 Å². The first-order valence-electron chi connectivity index (χ1n) is 11.1. The minimum Gasteiger partial charge on any atom is -0.383 e. The molecule has 8 nitrogen and oxygen atoms in total. The van der Waals surface area contributed by atoms with E-state index in [-0.39, 0.29) is 24.0 Å². The molecule has 1 amide bonds. The second-order valence-electron chi connectivity index (χ2n) is 8.26. The molecule has 31 heavy (non-hydrogen) atoms. The molecule has 0 aliphatic heterocycles. The predicted molar refractivity (Wildman–Crippen MR) is 123 cm³/mol. The molecular weight excluding hydrogens is 394 g/mol. The normalized spacial score (nSPS) is 13.5. The van der Waals surface area contributed by atoms with Gasteiger partial charge in [0, 0.05) is 25.7 Å². The first kappa shape index (κ1) is 22.8. The quantitative estimate of drug-likeness (QED) is 0.605. The molecule has 1 aromatic heterocycles. The van der Waals surface area contributed by atoms with Crippen LogP contribution in [-0.4, -0.2) is 39.5 Å². The number of anilines is 2. The van der Waals surface area contributed by atoms with Crippen LogP contribution in [0.5, 0.6) is 0 Å². The summed E-state index contributed by atoms with van der Waals surface area (Å²) >= 11 is 0. The molecule has 3 N–H and O–H groups in total. The van der Waals surface area contributed by atoms with Crippen molar-refractivity contribution in [3.63, 3.8) is 0 Å². The highest BCUT2D eigenvalue weighted by Gasteiger charge is 2.32. The standard InChI is InChI=1S/C23H33N5O3/c1-4-6-13-28-21(24)20(22(30)25-23(28)31)27(5-2)19(29)15-26(18-11-12-18)14-17-9-7-16(3)8-10-17/h7-10,18H,4-6,11-15,24H2,1-3H3,(H,25,30,31). The molecular formula is C23H33N5O3. The molecule has 0 bridgehead atoms. The van der Waals surface area contributed by atoms with Gasteiger partial charge in [-0.25, -0.2) is 4.79 Å². The number of likely N-dealkylation sites (N-methyl/N-ethyl adjacent to an activating group) is 1. The molecule has 0 radical (unpaired) electrons. The third-order valence-electron chi connectivity index (χ3n) is 5.74. The lowest BCUT2D eigenvalue weighted by Crippen LogP contribution is -2.45. The number of amides is 1. The minimum atomic E-state index is -0.623. The highest BCUT2D eigenvalue weighted by atomic mass is 16.2. The predicted octanol–water partition coefficient (Wildman–Crippen LogP) is 2.24. The van der Waals surface area contributed by atoms with Crippen molar-refractivity contribution in [3.8, 4) is 0 Å². The summed E-state index contributed by atoms with van der Waals surface area (Å²) < 4.78 is 1.35. The summed E-state index contributed by atoms with van der Waals surface area (Å²) in [5.74, 6) is -0.145. The largest absolute Gasteiger partial charge is 0.383 e. The van der Waals surface area contributed by atoms with Gasteiger partial charge in [0.2, 0.25) is 5.91 Å². The number of aromatic nitrogens is 2. The highest BCUT2D eigenvalue weighted by molar-refractivity contribution is 5.96. The number of aromatic amines is 1. The van der Waals surface area contributed by atoms with E-state index >= 15 is 0 Å². The van der Waals surface area contributed by atoms with Gasteiger partial charge >= 0.3 is 5.69 Å². The van der Waals surface area contributed by atoms with Crippen LogP contribution in [0.1, 0.15) is 50.7 Å². The van der Waals surface area contributed by atoms with Crippen molar-refractivity contribution in [1.82, 2.24) is 14.5 Å². The average Bonchev–Trinajstić information content (AvgIpc) is 3.57. The second kappa shape index (κ2) is 9.96. The molecule has 0 unspecified atom stereocenters. The van der Waals surface area contributed by atoms with Crippen LogP contribution in [0.2, 0.25) is 0 Å². The number of unbranched alkanes of at least 4 members (excludes halogenated alkanes) is 1. The van der Waals surface area contributed by atoms with Crippen LogP contribution < -0.4 is 21.9 Å². The Kier molecular flexibility index (Phi) is 7.33. The molecule has 0 spiro atoms. The highest BCUT2D eigenvalue weighted by Crippen LogP contribution is 2.29. The number of nitrogens with zero attached hydrogens (tertiary/aromatic N) is 3. The molecule has 1 fully saturated rings. The van der Waals surface area contributed by atoms with Gasteiger partial charge in [0.25, 0.3) is 5.56 Å².